The summed E-state index contributed by atoms with van der Waals surface area (Å²) < 4.78 is 0. The molecule has 0 saturated carbocycles. The minimum Gasteiger partial charge on any atom is -0.395 e. The van der Waals surface area contributed by atoms with E-state index in [0.29, 0.717) is 0 Å². The Morgan fingerprint density at radius 3 is 2.35 bits per heavy atom. The molecule has 1 saturated heterocycles. The fourth-order valence-electron chi connectivity index (χ4n) is 2.25. The maximum absolute atomic E-state index is 8.92. The van der Waals surface area contributed by atoms with Gasteiger partial charge in [-0.15, -0.1) is 11.8 Å². The Kier molecular flexibility index (Phi) is 6.94. The molecule has 112 valence electrons. The van der Waals surface area contributed by atoms with Gasteiger partial charge in [0.1, 0.15) is 0 Å². The molecule has 1 fully saturated rings. The Morgan fingerprint density at radius 1 is 1.05 bits per heavy atom. The van der Waals surface area contributed by atoms with Crippen molar-refractivity contribution in [1.82, 2.24) is 9.80 Å². The van der Waals surface area contributed by atoms with Crippen molar-refractivity contribution in [2.45, 2.75) is 4.90 Å². The number of hydrogen-bond donors (Lipinski definition) is 1. The lowest BCUT2D eigenvalue weighted by Gasteiger charge is -2.34. The summed E-state index contributed by atoms with van der Waals surface area (Å²) in [5.41, 5.74) is 0. The SMILES string of the molecule is OCCN1CCN(CCSc2cc(Cl)ccc2Cl)CC1. The first-order valence-electron chi connectivity index (χ1n) is 6.82. The number of hydrogen-bond acceptors (Lipinski definition) is 4. The lowest BCUT2D eigenvalue weighted by Crippen LogP contribution is -2.47. The molecule has 0 radical (unpaired) electrons. The van der Waals surface area contributed by atoms with Crippen molar-refractivity contribution >= 4 is 35.0 Å². The maximum atomic E-state index is 8.92. The second-order valence-corrected chi connectivity index (χ2v) is 6.81. The summed E-state index contributed by atoms with van der Waals surface area (Å²) in [7, 11) is 0. The molecule has 0 bridgehead atoms. The topological polar surface area (TPSA) is 26.7 Å². The molecule has 0 aliphatic carbocycles. The molecule has 1 aliphatic rings. The lowest BCUT2D eigenvalue weighted by molar-refractivity contribution is 0.117. The average molecular weight is 335 g/mol. The highest BCUT2D eigenvalue weighted by Gasteiger charge is 2.15. The highest BCUT2D eigenvalue weighted by atomic mass is 35.5. The number of halogens is 2. The van der Waals surface area contributed by atoms with E-state index in [1.807, 2.05) is 18.2 Å². The van der Waals surface area contributed by atoms with Crippen LogP contribution in [0.5, 0.6) is 0 Å². The third kappa shape index (κ3) is 5.10. The van der Waals surface area contributed by atoms with Gasteiger partial charge in [-0.2, -0.15) is 0 Å². The molecule has 1 aromatic rings. The average Bonchev–Trinajstić information content (AvgIpc) is 2.45. The van der Waals surface area contributed by atoms with Crippen LogP contribution in [0.4, 0.5) is 0 Å². The molecule has 20 heavy (non-hydrogen) atoms. The van der Waals surface area contributed by atoms with Crippen LogP contribution in [-0.2, 0) is 0 Å². The van der Waals surface area contributed by atoms with Crippen LogP contribution in [-0.4, -0.2) is 66.5 Å². The third-order valence-electron chi connectivity index (χ3n) is 3.44. The number of benzene rings is 1. The summed E-state index contributed by atoms with van der Waals surface area (Å²) in [5.74, 6) is 1.01. The van der Waals surface area contributed by atoms with Crippen molar-refractivity contribution in [2.75, 3.05) is 51.6 Å². The summed E-state index contributed by atoms with van der Waals surface area (Å²) in [6.07, 6.45) is 0. The summed E-state index contributed by atoms with van der Waals surface area (Å²) in [6.45, 7) is 6.34. The predicted molar refractivity (Wildman–Crippen MR) is 87.2 cm³/mol. The van der Waals surface area contributed by atoms with E-state index in [1.165, 1.54) is 0 Å². The van der Waals surface area contributed by atoms with Gasteiger partial charge in [0.25, 0.3) is 0 Å². The zero-order chi connectivity index (χ0) is 14.4. The lowest BCUT2D eigenvalue weighted by atomic mass is 10.3. The molecule has 2 rings (SSSR count). The number of aliphatic hydroxyl groups excluding tert-OH is 1. The van der Waals surface area contributed by atoms with Crippen LogP contribution in [0.1, 0.15) is 0 Å². The monoisotopic (exact) mass is 334 g/mol. The number of β-amino-alcohol motifs (C(OH)–C–C–N with tert-alkyl or cyclic N) is 1. The van der Waals surface area contributed by atoms with Crippen LogP contribution in [0.15, 0.2) is 23.1 Å². The largest absolute Gasteiger partial charge is 0.395 e. The zero-order valence-electron chi connectivity index (χ0n) is 11.4. The summed E-state index contributed by atoms with van der Waals surface area (Å²) in [4.78, 5) is 5.81. The van der Waals surface area contributed by atoms with Crippen LogP contribution < -0.4 is 0 Å². The Morgan fingerprint density at radius 2 is 1.70 bits per heavy atom. The standard InChI is InChI=1S/C14H20Cl2N2OS/c15-12-1-2-13(16)14(11-12)20-10-8-18-5-3-17(4-6-18)7-9-19/h1-2,11,19H,3-10H2. The first-order chi connectivity index (χ1) is 9.69. The molecule has 1 aromatic carbocycles. The maximum Gasteiger partial charge on any atom is 0.0558 e. The van der Waals surface area contributed by atoms with Gasteiger partial charge in [0, 0.05) is 54.9 Å². The normalized spacial score (nSPS) is 17.6. The Balaban J connectivity index is 1.70. The minimum absolute atomic E-state index is 0.253. The number of thioether (sulfide) groups is 1. The van der Waals surface area contributed by atoms with E-state index in [2.05, 4.69) is 9.80 Å². The summed E-state index contributed by atoms with van der Waals surface area (Å²) in [5, 5.41) is 10.4. The van der Waals surface area contributed by atoms with Gasteiger partial charge in [-0.05, 0) is 18.2 Å². The van der Waals surface area contributed by atoms with Gasteiger partial charge in [-0.3, -0.25) is 9.80 Å². The number of aliphatic hydroxyl groups is 1. The van der Waals surface area contributed by atoms with Crippen LogP contribution in [0, 0.1) is 0 Å². The first-order valence-corrected chi connectivity index (χ1v) is 8.56. The molecule has 6 heteroatoms. The van der Waals surface area contributed by atoms with E-state index < -0.39 is 0 Å². The molecule has 0 atom stereocenters. The molecular weight excluding hydrogens is 315 g/mol. The smallest absolute Gasteiger partial charge is 0.0558 e. The highest BCUT2D eigenvalue weighted by molar-refractivity contribution is 7.99. The van der Waals surface area contributed by atoms with Crippen LogP contribution >= 0.6 is 35.0 Å². The quantitative estimate of drug-likeness (QED) is 0.809. The Labute approximate surface area is 134 Å². The Bertz CT molecular complexity index is 426. The molecule has 0 amide bonds. The second-order valence-electron chi connectivity index (χ2n) is 4.83. The van der Waals surface area contributed by atoms with Crippen molar-refractivity contribution < 1.29 is 5.11 Å². The van der Waals surface area contributed by atoms with Gasteiger partial charge in [0.15, 0.2) is 0 Å². The van der Waals surface area contributed by atoms with Crippen molar-refractivity contribution in [2.24, 2.45) is 0 Å². The fraction of sp³-hybridized carbons (Fsp3) is 0.571. The molecular formula is C14H20Cl2N2OS. The van der Waals surface area contributed by atoms with E-state index in [1.54, 1.807) is 11.8 Å². The van der Waals surface area contributed by atoms with E-state index in [0.717, 1.165) is 60.0 Å². The van der Waals surface area contributed by atoms with E-state index in [9.17, 15) is 0 Å². The first kappa shape index (κ1) is 16.4. The van der Waals surface area contributed by atoms with E-state index in [4.69, 9.17) is 28.3 Å². The van der Waals surface area contributed by atoms with Gasteiger partial charge in [0.2, 0.25) is 0 Å². The zero-order valence-corrected chi connectivity index (χ0v) is 13.7. The molecule has 0 spiro atoms. The molecule has 1 aliphatic heterocycles. The molecule has 1 heterocycles. The van der Waals surface area contributed by atoms with Gasteiger partial charge in [-0.25, -0.2) is 0 Å². The van der Waals surface area contributed by atoms with Gasteiger partial charge >= 0.3 is 0 Å². The fourth-order valence-corrected chi connectivity index (χ4v) is 3.75. The molecule has 0 unspecified atom stereocenters. The van der Waals surface area contributed by atoms with Crippen molar-refractivity contribution in [3.8, 4) is 0 Å². The summed E-state index contributed by atoms with van der Waals surface area (Å²) in [6, 6.07) is 5.59. The Hall–Kier alpha value is 0.0300. The minimum atomic E-state index is 0.253. The van der Waals surface area contributed by atoms with Gasteiger partial charge < -0.3 is 5.11 Å². The number of nitrogens with zero attached hydrogens (tertiary/aromatic N) is 2. The van der Waals surface area contributed by atoms with Crippen LogP contribution in [0.3, 0.4) is 0 Å². The predicted octanol–water partition coefficient (Wildman–Crippen LogP) is 2.70. The second kappa shape index (κ2) is 8.47. The van der Waals surface area contributed by atoms with Gasteiger partial charge in [-0.1, -0.05) is 23.2 Å². The van der Waals surface area contributed by atoms with Crippen molar-refractivity contribution in [1.29, 1.82) is 0 Å². The van der Waals surface area contributed by atoms with Gasteiger partial charge in [0.05, 0.1) is 11.6 Å². The molecule has 3 nitrogen and oxygen atoms in total. The third-order valence-corrected chi connectivity index (χ3v) is 5.15. The molecule has 1 N–H and O–H groups in total. The van der Waals surface area contributed by atoms with Crippen molar-refractivity contribution in [3.63, 3.8) is 0 Å². The van der Waals surface area contributed by atoms with E-state index >= 15 is 0 Å². The van der Waals surface area contributed by atoms with Crippen LogP contribution in [0.2, 0.25) is 10.0 Å². The van der Waals surface area contributed by atoms with Crippen LogP contribution in [0.25, 0.3) is 0 Å². The molecule has 0 aromatic heterocycles. The number of rotatable bonds is 6. The number of piperazine rings is 1. The van der Waals surface area contributed by atoms with Crippen molar-refractivity contribution in [3.05, 3.63) is 28.2 Å². The summed E-state index contributed by atoms with van der Waals surface area (Å²) >= 11 is 13.9. The highest BCUT2D eigenvalue weighted by Crippen LogP contribution is 2.29. The van der Waals surface area contributed by atoms with E-state index in [-0.39, 0.29) is 6.61 Å².